The molecule has 4 fully saturated rings. The van der Waals surface area contributed by atoms with Gasteiger partial charge in [-0.1, -0.05) is 11.6 Å². The normalized spacial score (nSPS) is 21.9. The number of benzene rings is 1. The van der Waals surface area contributed by atoms with Crippen LogP contribution < -0.4 is 20.9 Å². The van der Waals surface area contributed by atoms with E-state index in [4.69, 9.17) is 11.6 Å². The van der Waals surface area contributed by atoms with Crippen molar-refractivity contribution in [2.75, 3.05) is 89.3 Å². The first-order valence-corrected chi connectivity index (χ1v) is 21.6. The van der Waals surface area contributed by atoms with Crippen molar-refractivity contribution in [3.63, 3.8) is 0 Å². The summed E-state index contributed by atoms with van der Waals surface area (Å²) in [5.41, 5.74) is -0.0896. The molecule has 63 heavy (non-hydrogen) atoms. The molecule has 17 nitrogen and oxygen atoms in total. The molecule has 0 radical (unpaired) electrons. The number of carboxylic acids is 1. The number of carbonyl (C=O) groups is 4. The minimum absolute atomic E-state index is 0.00670. The molecule has 21 heteroatoms. The smallest absolute Gasteiger partial charge is 0.435 e. The molecule has 4 saturated heterocycles. The highest BCUT2D eigenvalue weighted by molar-refractivity contribution is 6.34. The number of H-pyrrole nitrogens is 1. The van der Waals surface area contributed by atoms with Gasteiger partial charge in [0.25, 0.3) is 11.8 Å². The van der Waals surface area contributed by atoms with Crippen molar-refractivity contribution in [3.8, 4) is 22.6 Å². The van der Waals surface area contributed by atoms with Crippen molar-refractivity contribution in [2.45, 2.75) is 38.0 Å². The summed E-state index contributed by atoms with van der Waals surface area (Å²) in [5.74, 6) is -1.78. The number of piperidine rings is 1. The van der Waals surface area contributed by atoms with Gasteiger partial charge in [-0.15, -0.1) is 0 Å². The van der Waals surface area contributed by atoms with E-state index in [1.807, 2.05) is 11.9 Å². The summed E-state index contributed by atoms with van der Waals surface area (Å²) in [6.45, 7) is 6.15. The third-order valence-corrected chi connectivity index (χ3v) is 13.3. The lowest BCUT2D eigenvalue weighted by Gasteiger charge is -2.46. The fourth-order valence-corrected chi connectivity index (χ4v) is 9.61. The Labute approximate surface area is 366 Å². The number of carboxylic acid groups (broad SMARTS) is 1. The van der Waals surface area contributed by atoms with Crippen molar-refractivity contribution < 1.29 is 41.9 Å². The summed E-state index contributed by atoms with van der Waals surface area (Å²) in [4.78, 5) is 66.5. The summed E-state index contributed by atoms with van der Waals surface area (Å²) in [7, 11) is 3.35. The van der Waals surface area contributed by atoms with Crippen molar-refractivity contribution in [1.82, 2.24) is 45.2 Å². The van der Waals surface area contributed by atoms with E-state index in [1.165, 1.54) is 36.0 Å². The van der Waals surface area contributed by atoms with Crippen LogP contribution in [0.2, 0.25) is 5.02 Å². The number of carbonyl (C=O) groups excluding carboxylic acids is 3. The first kappa shape index (κ1) is 44.1. The average molecular weight is 896 g/mol. The number of aromatic nitrogens is 5. The van der Waals surface area contributed by atoms with Crippen LogP contribution in [0, 0.1) is 11.8 Å². The standard InChI is InChI=1S/C42H50ClF3N12O5/c1-54(33-4-3-11-48-33)28-6-8-31(49-21-28)36-35(37(53-52-36)42(44,45)46)32-22-50-38(55(32)2)39(61)51-27-5-7-29(30(43)18-27)41(63)57-14-12-56(13-15-57)40(62)26-9-16-58(17-10-26,24-34(59)60)23-25-19-47-20-25/h5-8,18,21-22,25-26,33,47-48H,3-4,9-17,19-20,23-24H2,1-2H3,(H2-,49,51,52,53,59,60,61,63)/p+1/t26?,33-,58?/m0/s1. The molecular formula is C42H51ClF3N12O5+. The number of alkyl halides is 3. The van der Waals surface area contributed by atoms with Gasteiger partial charge in [-0.2, -0.15) is 18.3 Å². The fourth-order valence-electron chi connectivity index (χ4n) is 9.35. The lowest BCUT2D eigenvalue weighted by atomic mass is 9.90. The van der Waals surface area contributed by atoms with Gasteiger partial charge in [0.05, 0.1) is 77.1 Å². The topological polar surface area (TPSA) is 194 Å². The first-order chi connectivity index (χ1) is 30.1. The van der Waals surface area contributed by atoms with Gasteiger partial charge in [-0.25, -0.2) is 9.78 Å². The molecule has 4 aromatic rings. The number of anilines is 2. The molecule has 0 aliphatic carbocycles. The number of quaternary nitrogens is 1. The van der Waals surface area contributed by atoms with Crippen molar-refractivity contribution in [3.05, 3.63) is 64.8 Å². The minimum atomic E-state index is -4.84. The number of nitrogens with one attached hydrogen (secondary N) is 4. The molecule has 0 unspecified atom stereocenters. The number of likely N-dealkylation sites (tertiary alicyclic amines) is 1. The first-order valence-electron chi connectivity index (χ1n) is 21.2. The molecule has 4 aliphatic heterocycles. The zero-order valence-corrected chi connectivity index (χ0v) is 35.8. The Kier molecular flexibility index (Phi) is 12.5. The number of halogens is 4. The third kappa shape index (κ3) is 9.25. The average Bonchev–Trinajstić information content (AvgIpc) is 4.03. The fraction of sp³-hybridized carbons (Fsp3) is 0.500. The number of pyridine rings is 1. The number of nitrogens with zero attached hydrogens (tertiary/aromatic N) is 8. The van der Waals surface area contributed by atoms with Crippen LogP contribution in [0.1, 0.15) is 52.4 Å². The Bertz CT molecular complexity index is 2350. The predicted octanol–water partition coefficient (Wildman–Crippen LogP) is 3.76. The van der Waals surface area contributed by atoms with Crippen LogP contribution in [0.15, 0.2) is 42.7 Å². The number of aliphatic carboxylic acids is 1. The van der Waals surface area contributed by atoms with E-state index in [2.05, 4.69) is 36.1 Å². The zero-order valence-electron chi connectivity index (χ0n) is 35.0. The van der Waals surface area contributed by atoms with Gasteiger partial charge in [0, 0.05) is 83.7 Å². The monoisotopic (exact) mass is 895 g/mol. The van der Waals surface area contributed by atoms with Gasteiger partial charge in [0.1, 0.15) is 0 Å². The molecule has 4 aliphatic rings. The minimum Gasteiger partial charge on any atom is -0.477 e. The van der Waals surface area contributed by atoms with E-state index < -0.39 is 23.7 Å². The van der Waals surface area contributed by atoms with E-state index in [0.29, 0.717) is 62.5 Å². The Morgan fingerprint density at radius 2 is 1.73 bits per heavy atom. The molecule has 3 aromatic heterocycles. The maximum Gasteiger partial charge on any atom is 0.435 e. The van der Waals surface area contributed by atoms with E-state index in [-0.39, 0.29) is 75.2 Å². The predicted molar refractivity (Wildman–Crippen MR) is 227 cm³/mol. The quantitative estimate of drug-likeness (QED) is 0.130. The summed E-state index contributed by atoms with van der Waals surface area (Å²) in [6.07, 6.45) is 1.29. The molecular weight excluding hydrogens is 845 g/mol. The summed E-state index contributed by atoms with van der Waals surface area (Å²) in [5, 5.41) is 25.1. The van der Waals surface area contributed by atoms with Crippen molar-refractivity contribution >= 4 is 46.7 Å². The van der Waals surface area contributed by atoms with Crippen LogP contribution in [0.25, 0.3) is 22.6 Å². The number of piperazine rings is 1. The maximum atomic E-state index is 14.3. The Hall–Kier alpha value is -5.57. The Morgan fingerprint density at radius 1 is 1.00 bits per heavy atom. The van der Waals surface area contributed by atoms with Gasteiger partial charge in [0.15, 0.2) is 18.1 Å². The van der Waals surface area contributed by atoms with Gasteiger partial charge < -0.3 is 39.5 Å². The highest BCUT2D eigenvalue weighted by atomic mass is 35.5. The number of hydrogen-bond donors (Lipinski definition) is 5. The van der Waals surface area contributed by atoms with Crippen LogP contribution in [-0.2, 0) is 22.8 Å². The Morgan fingerprint density at radius 3 is 2.33 bits per heavy atom. The van der Waals surface area contributed by atoms with Gasteiger partial charge in [0.2, 0.25) is 5.91 Å². The van der Waals surface area contributed by atoms with E-state index >= 15 is 0 Å². The van der Waals surface area contributed by atoms with Crippen LogP contribution in [0.4, 0.5) is 24.5 Å². The van der Waals surface area contributed by atoms with E-state index in [9.17, 15) is 37.5 Å². The van der Waals surface area contributed by atoms with Gasteiger partial charge >= 0.3 is 12.1 Å². The second kappa shape index (κ2) is 17.9. The van der Waals surface area contributed by atoms with Crippen LogP contribution in [-0.4, -0.2) is 153 Å². The van der Waals surface area contributed by atoms with Crippen LogP contribution in [0.5, 0.6) is 0 Å². The summed E-state index contributed by atoms with van der Waals surface area (Å²) < 4.78 is 44.8. The third-order valence-electron chi connectivity index (χ3n) is 13.0. The summed E-state index contributed by atoms with van der Waals surface area (Å²) >= 11 is 6.60. The summed E-state index contributed by atoms with van der Waals surface area (Å²) in [6, 6.07) is 7.79. The number of hydrogen-bond acceptors (Lipinski definition) is 10. The molecule has 0 bridgehead atoms. The van der Waals surface area contributed by atoms with Gasteiger partial charge in [-0.05, 0) is 49.7 Å². The Balaban J connectivity index is 0.891. The SMILES string of the molecule is CN(c1ccc(-c2[nH]nc(C(F)(F)F)c2-c2cnc(C(=O)Nc3ccc(C(=O)N4CCN(C(=O)C5CC[N+](CC(=O)O)(CC6CNC6)CC5)CC4)c(Cl)c3)n2C)nc1)[C@H]1CCCN1. The molecule has 1 aromatic carbocycles. The number of imidazole rings is 1. The van der Waals surface area contributed by atoms with E-state index in [0.717, 1.165) is 44.7 Å². The molecule has 336 valence electrons. The van der Waals surface area contributed by atoms with Crippen LogP contribution in [0.3, 0.4) is 0 Å². The van der Waals surface area contributed by atoms with Gasteiger partial charge in [-0.3, -0.25) is 29.8 Å². The lowest BCUT2D eigenvalue weighted by molar-refractivity contribution is -0.929. The lowest BCUT2D eigenvalue weighted by Crippen LogP contribution is -2.62. The highest BCUT2D eigenvalue weighted by Gasteiger charge is 2.43. The molecule has 3 amide bonds. The van der Waals surface area contributed by atoms with E-state index in [1.54, 1.807) is 28.1 Å². The van der Waals surface area contributed by atoms with Crippen molar-refractivity contribution in [1.29, 1.82) is 0 Å². The number of aromatic amines is 1. The number of amides is 3. The molecule has 8 rings (SSSR count). The second-order valence-electron chi connectivity index (χ2n) is 17.1. The molecule has 0 saturated carbocycles. The molecule has 1 atom stereocenters. The highest BCUT2D eigenvalue weighted by Crippen LogP contribution is 2.41. The second-order valence-corrected chi connectivity index (χ2v) is 17.5. The van der Waals surface area contributed by atoms with Crippen LogP contribution >= 0.6 is 11.6 Å². The maximum absolute atomic E-state index is 14.3. The number of rotatable bonds is 12. The van der Waals surface area contributed by atoms with Crippen molar-refractivity contribution in [2.24, 2.45) is 18.9 Å². The molecule has 5 N–H and O–H groups in total. The molecule has 7 heterocycles. The zero-order chi connectivity index (χ0) is 44.6. The molecule has 0 spiro atoms. The largest absolute Gasteiger partial charge is 0.477 e.